The first-order valence-corrected chi connectivity index (χ1v) is 7.88. The first kappa shape index (κ1) is 20.8. The Morgan fingerprint density at radius 2 is 2.12 bits per heavy atom. The lowest BCUT2D eigenvalue weighted by molar-refractivity contribution is -0.136. The molecule has 0 spiro atoms. The topological polar surface area (TPSA) is 45.5 Å². The van der Waals surface area contributed by atoms with Gasteiger partial charge in [-0.1, -0.05) is 13.8 Å². The van der Waals surface area contributed by atoms with Crippen molar-refractivity contribution in [3.63, 3.8) is 0 Å². The predicted molar refractivity (Wildman–Crippen MR) is 87.3 cm³/mol. The zero-order valence-electron chi connectivity index (χ0n) is 13.8. The molecule has 1 fully saturated rings. The van der Waals surface area contributed by atoms with Gasteiger partial charge in [-0.2, -0.15) is 13.2 Å². The quantitative estimate of drug-likeness (QED) is 0.832. The number of likely N-dealkylation sites (tertiary alicyclic amines) is 1. The Morgan fingerprint density at radius 1 is 1.42 bits per heavy atom. The first-order chi connectivity index (χ1) is 10.8. The zero-order valence-corrected chi connectivity index (χ0v) is 14.6. The highest BCUT2D eigenvalue weighted by atomic mass is 35.5. The van der Waals surface area contributed by atoms with Gasteiger partial charge >= 0.3 is 6.18 Å². The average molecular weight is 369 g/mol. The van der Waals surface area contributed by atoms with Crippen LogP contribution in [0, 0.1) is 11.8 Å². The summed E-state index contributed by atoms with van der Waals surface area (Å²) in [5.74, 6) is 0.376. The summed E-state index contributed by atoms with van der Waals surface area (Å²) in [6.07, 6.45) is -1.95. The molecule has 0 unspecified atom stereocenters. The molecule has 24 heavy (non-hydrogen) atoms. The van der Waals surface area contributed by atoms with Gasteiger partial charge in [-0.25, -0.2) is 0 Å². The molecule has 1 aromatic heterocycles. The molecule has 1 aliphatic rings. The van der Waals surface area contributed by atoms with Crippen molar-refractivity contribution in [1.82, 2.24) is 10.2 Å². The third-order valence-corrected chi connectivity index (χ3v) is 4.33. The fraction of sp³-hybridized carbons (Fsp3) is 0.688. The highest BCUT2D eigenvalue weighted by molar-refractivity contribution is 5.94. The van der Waals surface area contributed by atoms with Gasteiger partial charge in [-0.3, -0.25) is 4.79 Å². The van der Waals surface area contributed by atoms with Gasteiger partial charge < -0.3 is 14.6 Å². The Kier molecular flexibility index (Phi) is 7.60. The second kappa shape index (κ2) is 8.76. The van der Waals surface area contributed by atoms with E-state index in [1.54, 1.807) is 6.07 Å². The Bertz CT molecular complexity index is 506. The molecule has 0 aliphatic carbocycles. The van der Waals surface area contributed by atoms with E-state index in [1.807, 2.05) is 4.90 Å². The highest BCUT2D eigenvalue weighted by Gasteiger charge is 2.36. The van der Waals surface area contributed by atoms with E-state index in [2.05, 4.69) is 19.2 Å². The van der Waals surface area contributed by atoms with Crippen LogP contribution in [0.4, 0.5) is 13.2 Å². The number of nitrogens with one attached hydrogen (secondary N) is 1. The Balaban J connectivity index is 0.00000288. The number of hydrogen-bond donors (Lipinski definition) is 1. The normalized spacial score (nSPS) is 21.8. The number of hydrogen-bond acceptors (Lipinski definition) is 3. The van der Waals surface area contributed by atoms with Gasteiger partial charge in [-0.15, -0.1) is 12.4 Å². The van der Waals surface area contributed by atoms with E-state index in [-0.39, 0.29) is 36.7 Å². The first-order valence-electron chi connectivity index (χ1n) is 7.88. The molecule has 1 aromatic rings. The molecule has 4 nitrogen and oxygen atoms in total. The van der Waals surface area contributed by atoms with Crippen LogP contribution in [0.1, 0.15) is 37.0 Å². The Labute approximate surface area is 146 Å². The minimum Gasteiger partial charge on any atom is -0.472 e. The third-order valence-electron chi connectivity index (χ3n) is 4.33. The van der Waals surface area contributed by atoms with Crippen molar-refractivity contribution in [2.45, 2.75) is 38.9 Å². The SMILES string of the molecule is CC(C)[C@H]1CN(CCCC(F)(F)F)C[C@@H]1NC(=O)c1ccoc1.Cl. The van der Waals surface area contributed by atoms with Crippen LogP contribution in [0.15, 0.2) is 23.0 Å². The van der Waals surface area contributed by atoms with E-state index in [1.165, 1.54) is 12.5 Å². The Morgan fingerprint density at radius 3 is 2.67 bits per heavy atom. The zero-order chi connectivity index (χ0) is 17.0. The van der Waals surface area contributed by atoms with Crippen LogP contribution >= 0.6 is 12.4 Å². The maximum atomic E-state index is 12.3. The van der Waals surface area contributed by atoms with Crippen molar-refractivity contribution in [2.24, 2.45) is 11.8 Å². The minimum atomic E-state index is -4.11. The van der Waals surface area contributed by atoms with Crippen molar-refractivity contribution in [2.75, 3.05) is 19.6 Å². The van der Waals surface area contributed by atoms with E-state index in [0.29, 0.717) is 31.1 Å². The van der Waals surface area contributed by atoms with E-state index >= 15 is 0 Å². The molecule has 8 heteroatoms. The number of carbonyl (C=O) groups excluding carboxylic acids is 1. The van der Waals surface area contributed by atoms with E-state index in [0.717, 1.165) is 0 Å². The molecule has 0 saturated carbocycles. The molecule has 2 rings (SSSR count). The number of amides is 1. The van der Waals surface area contributed by atoms with Gasteiger partial charge in [0.2, 0.25) is 0 Å². The summed E-state index contributed by atoms with van der Waals surface area (Å²) in [5.41, 5.74) is 0.461. The van der Waals surface area contributed by atoms with Crippen molar-refractivity contribution in [1.29, 1.82) is 0 Å². The van der Waals surface area contributed by atoms with Gasteiger partial charge in [0.05, 0.1) is 11.8 Å². The summed E-state index contributed by atoms with van der Waals surface area (Å²) in [6, 6.07) is 1.54. The van der Waals surface area contributed by atoms with Crippen LogP contribution in [0.2, 0.25) is 0 Å². The van der Waals surface area contributed by atoms with Crippen LogP contribution < -0.4 is 5.32 Å². The lowest BCUT2D eigenvalue weighted by Gasteiger charge is -2.22. The van der Waals surface area contributed by atoms with Crippen LogP contribution in [0.25, 0.3) is 0 Å². The largest absolute Gasteiger partial charge is 0.472 e. The minimum absolute atomic E-state index is 0. The highest BCUT2D eigenvalue weighted by Crippen LogP contribution is 2.26. The summed E-state index contributed by atoms with van der Waals surface area (Å²) >= 11 is 0. The monoisotopic (exact) mass is 368 g/mol. The van der Waals surface area contributed by atoms with E-state index in [4.69, 9.17) is 4.42 Å². The van der Waals surface area contributed by atoms with Gasteiger partial charge in [0.1, 0.15) is 6.26 Å². The molecule has 1 amide bonds. The number of carbonyl (C=O) groups is 1. The molecule has 0 radical (unpaired) electrons. The maximum Gasteiger partial charge on any atom is 0.389 e. The lowest BCUT2D eigenvalue weighted by atomic mass is 9.91. The van der Waals surface area contributed by atoms with Gasteiger partial charge in [0.25, 0.3) is 5.91 Å². The summed E-state index contributed by atoms with van der Waals surface area (Å²) in [4.78, 5) is 14.2. The van der Waals surface area contributed by atoms with Crippen molar-refractivity contribution >= 4 is 18.3 Å². The lowest BCUT2D eigenvalue weighted by Crippen LogP contribution is -2.41. The average Bonchev–Trinajstić information content (AvgIpc) is 3.06. The summed E-state index contributed by atoms with van der Waals surface area (Å²) in [5, 5.41) is 2.99. The van der Waals surface area contributed by atoms with Crippen LogP contribution in [-0.4, -0.2) is 42.7 Å². The standard InChI is InChI=1S/C16H23F3N2O2.ClH/c1-11(2)13-8-21(6-3-5-16(17,18)19)9-14(13)20-15(22)12-4-7-23-10-12;/h4,7,10-11,13-14H,3,5-6,8-9H2,1-2H3,(H,20,22);1H/t13-,14+;/m1./s1. The van der Waals surface area contributed by atoms with Gasteiger partial charge in [0, 0.05) is 25.6 Å². The summed E-state index contributed by atoms with van der Waals surface area (Å²) in [6.45, 7) is 5.85. The molecule has 2 atom stereocenters. The van der Waals surface area contributed by atoms with Crippen molar-refractivity contribution < 1.29 is 22.4 Å². The predicted octanol–water partition coefficient (Wildman–Crippen LogP) is 3.73. The fourth-order valence-corrected chi connectivity index (χ4v) is 3.07. The molecule has 138 valence electrons. The van der Waals surface area contributed by atoms with E-state index < -0.39 is 12.6 Å². The second-order valence-electron chi connectivity index (χ2n) is 6.48. The number of halogens is 4. The molecule has 1 saturated heterocycles. The second-order valence-corrected chi connectivity index (χ2v) is 6.48. The summed E-state index contributed by atoms with van der Waals surface area (Å²) in [7, 11) is 0. The van der Waals surface area contributed by atoms with Gasteiger partial charge in [-0.05, 0) is 30.9 Å². The molecule has 1 N–H and O–H groups in total. The summed E-state index contributed by atoms with van der Waals surface area (Å²) < 4.78 is 41.7. The number of nitrogens with zero attached hydrogens (tertiary/aromatic N) is 1. The number of furan rings is 1. The van der Waals surface area contributed by atoms with Crippen LogP contribution in [-0.2, 0) is 0 Å². The number of alkyl halides is 3. The molecule has 0 bridgehead atoms. The fourth-order valence-electron chi connectivity index (χ4n) is 3.07. The smallest absolute Gasteiger partial charge is 0.389 e. The third kappa shape index (κ3) is 6.02. The van der Waals surface area contributed by atoms with Gasteiger partial charge in [0.15, 0.2) is 0 Å². The van der Waals surface area contributed by atoms with Crippen LogP contribution in [0.5, 0.6) is 0 Å². The molecule has 1 aliphatic heterocycles. The Hall–Kier alpha value is -1.21. The number of rotatable bonds is 6. The van der Waals surface area contributed by atoms with E-state index in [9.17, 15) is 18.0 Å². The van der Waals surface area contributed by atoms with Crippen LogP contribution in [0.3, 0.4) is 0 Å². The maximum absolute atomic E-state index is 12.3. The van der Waals surface area contributed by atoms with Crippen molar-refractivity contribution in [3.8, 4) is 0 Å². The molecule has 0 aromatic carbocycles. The molecule has 2 heterocycles. The molecular formula is C16H24ClF3N2O2. The molecular weight excluding hydrogens is 345 g/mol. The van der Waals surface area contributed by atoms with Crippen molar-refractivity contribution in [3.05, 3.63) is 24.2 Å².